The fourth-order valence-corrected chi connectivity index (χ4v) is 4.50. The van der Waals surface area contributed by atoms with Crippen LogP contribution in [0.25, 0.3) is 16.7 Å². The Balaban J connectivity index is 1.55. The van der Waals surface area contributed by atoms with Crippen molar-refractivity contribution in [2.24, 2.45) is 5.41 Å². The van der Waals surface area contributed by atoms with Crippen LogP contribution in [0.15, 0.2) is 60.0 Å². The van der Waals surface area contributed by atoms with E-state index in [1.807, 2.05) is 0 Å². The van der Waals surface area contributed by atoms with Gasteiger partial charge < -0.3 is 10.2 Å². The van der Waals surface area contributed by atoms with Crippen LogP contribution in [-0.4, -0.2) is 54.1 Å². The summed E-state index contributed by atoms with van der Waals surface area (Å²) in [4.78, 5) is 49.8. The molecule has 10 nitrogen and oxygen atoms in total. The maximum atomic E-state index is 13.5. The Morgan fingerprint density at radius 3 is 2.56 bits per heavy atom. The molecule has 1 aromatic carbocycles. The van der Waals surface area contributed by atoms with Crippen LogP contribution in [0.3, 0.4) is 0 Å². The first-order valence-electron chi connectivity index (χ1n) is 11.4. The number of rotatable bonds is 6. The molecule has 36 heavy (non-hydrogen) atoms. The van der Waals surface area contributed by atoms with Gasteiger partial charge in [-0.05, 0) is 35.2 Å². The number of carbonyl (C=O) groups is 2. The number of halogens is 1. The van der Waals surface area contributed by atoms with E-state index in [1.54, 1.807) is 35.2 Å². The fraction of sp³-hybridized carbons (Fsp3) is 0.280. The molecular weight excluding hydrogens is 482 g/mol. The number of likely N-dealkylation sites (tertiary alicyclic amines) is 1. The van der Waals surface area contributed by atoms with E-state index in [1.165, 1.54) is 34.2 Å². The van der Waals surface area contributed by atoms with Crippen molar-refractivity contribution in [2.75, 3.05) is 13.1 Å². The minimum absolute atomic E-state index is 0.0462. The lowest BCUT2D eigenvalue weighted by Gasteiger charge is -2.45. The molecule has 11 heteroatoms. The molecule has 0 spiro atoms. The highest BCUT2D eigenvalue weighted by Crippen LogP contribution is 2.29. The molecule has 1 aliphatic heterocycles. The molecule has 1 saturated heterocycles. The summed E-state index contributed by atoms with van der Waals surface area (Å²) in [6, 6.07) is 10.2. The molecule has 0 radical (unpaired) electrons. The van der Waals surface area contributed by atoms with Gasteiger partial charge in [-0.25, -0.2) is 14.6 Å². The summed E-state index contributed by atoms with van der Waals surface area (Å²) in [6.45, 7) is 5.36. The lowest BCUT2D eigenvalue weighted by atomic mass is 9.84. The molecule has 5 rings (SSSR count). The van der Waals surface area contributed by atoms with Gasteiger partial charge in [0.15, 0.2) is 0 Å². The van der Waals surface area contributed by atoms with Crippen LogP contribution in [0.1, 0.15) is 29.8 Å². The molecular formula is C25H24ClN7O3. The number of nitrogens with zero attached hydrogens (tertiary/aromatic N) is 6. The largest absolute Gasteiger partial charge is 0.348 e. The van der Waals surface area contributed by atoms with E-state index in [9.17, 15) is 14.4 Å². The van der Waals surface area contributed by atoms with Crippen molar-refractivity contribution in [3.05, 3.63) is 81.8 Å². The number of pyridine rings is 2. The second kappa shape index (κ2) is 9.19. The normalized spacial score (nSPS) is 14.5. The van der Waals surface area contributed by atoms with Crippen molar-refractivity contribution in [2.45, 2.75) is 26.9 Å². The summed E-state index contributed by atoms with van der Waals surface area (Å²) in [5, 5.41) is 8.05. The third kappa shape index (κ3) is 4.59. The van der Waals surface area contributed by atoms with Crippen molar-refractivity contribution in [3.8, 4) is 5.69 Å². The fourth-order valence-electron chi connectivity index (χ4n) is 4.37. The number of hydrogen-bond donors (Lipinski definition) is 1. The van der Waals surface area contributed by atoms with Gasteiger partial charge in [-0.3, -0.25) is 19.0 Å². The Bertz CT molecular complexity index is 1500. The molecule has 4 aromatic rings. The van der Waals surface area contributed by atoms with E-state index in [0.717, 1.165) is 5.56 Å². The van der Waals surface area contributed by atoms with Crippen LogP contribution >= 0.6 is 11.6 Å². The van der Waals surface area contributed by atoms with E-state index in [2.05, 4.69) is 34.2 Å². The topological polar surface area (TPSA) is 115 Å². The van der Waals surface area contributed by atoms with E-state index in [0.29, 0.717) is 29.2 Å². The third-order valence-electron chi connectivity index (χ3n) is 6.13. The average molecular weight is 506 g/mol. The van der Waals surface area contributed by atoms with E-state index < -0.39 is 11.5 Å². The number of benzene rings is 1. The standard InChI is InChI=1S/C25H24ClN7O3/c1-25(2)12-31(13-25)21(34)11-32-22-18(20(7-8-28-22)33-15-27-14-30-33)9-19(24(32)36)23(35)29-10-16-3-5-17(26)6-4-16/h3-9,14-15H,10-13H2,1-2H3,(H,29,35). The second-order valence-corrected chi connectivity index (χ2v) is 10.0. The maximum absolute atomic E-state index is 13.5. The predicted molar refractivity (Wildman–Crippen MR) is 134 cm³/mol. The second-order valence-electron chi connectivity index (χ2n) is 9.58. The Morgan fingerprint density at radius 2 is 1.89 bits per heavy atom. The van der Waals surface area contributed by atoms with Gasteiger partial charge in [0, 0.05) is 36.2 Å². The minimum Gasteiger partial charge on any atom is -0.348 e. The molecule has 0 unspecified atom stereocenters. The Labute approximate surface area is 211 Å². The van der Waals surface area contributed by atoms with Crippen LogP contribution in [-0.2, 0) is 17.9 Å². The lowest BCUT2D eigenvalue weighted by Crippen LogP contribution is -2.56. The van der Waals surface area contributed by atoms with Gasteiger partial charge in [0.1, 0.15) is 30.4 Å². The number of fused-ring (bicyclic) bond motifs is 1. The Hall–Kier alpha value is -4.05. The zero-order chi connectivity index (χ0) is 25.4. The molecule has 4 heterocycles. The highest BCUT2D eigenvalue weighted by atomic mass is 35.5. The molecule has 1 aliphatic rings. The Morgan fingerprint density at radius 1 is 1.14 bits per heavy atom. The number of aromatic nitrogens is 5. The van der Waals surface area contributed by atoms with Gasteiger partial charge in [0.2, 0.25) is 5.91 Å². The van der Waals surface area contributed by atoms with E-state index in [4.69, 9.17) is 11.6 Å². The zero-order valence-electron chi connectivity index (χ0n) is 19.8. The van der Waals surface area contributed by atoms with Crippen molar-refractivity contribution in [3.63, 3.8) is 0 Å². The monoisotopic (exact) mass is 505 g/mol. The highest BCUT2D eigenvalue weighted by molar-refractivity contribution is 6.30. The SMILES string of the molecule is CC1(C)CN(C(=O)Cn2c(=O)c(C(=O)NCc3ccc(Cl)cc3)cc3c(-n4cncn4)ccnc32)C1. The number of amides is 2. The van der Waals surface area contributed by atoms with Crippen molar-refractivity contribution in [1.29, 1.82) is 0 Å². The summed E-state index contributed by atoms with van der Waals surface area (Å²) in [6.07, 6.45) is 4.43. The predicted octanol–water partition coefficient (Wildman–Crippen LogP) is 2.43. The molecule has 1 N–H and O–H groups in total. The first kappa shape index (κ1) is 23.7. The zero-order valence-corrected chi connectivity index (χ0v) is 20.6. The molecule has 0 saturated carbocycles. The van der Waals surface area contributed by atoms with Gasteiger partial charge in [0.25, 0.3) is 11.5 Å². The van der Waals surface area contributed by atoms with Crippen LogP contribution in [0.4, 0.5) is 0 Å². The van der Waals surface area contributed by atoms with Gasteiger partial charge in [0.05, 0.1) is 5.69 Å². The molecule has 3 aromatic heterocycles. The average Bonchev–Trinajstić information content (AvgIpc) is 3.38. The summed E-state index contributed by atoms with van der Waals surface area (Å²) >= 11 is 5.94. The van der Waals surface area contributed by atoms with Gasteiger partial charge in [-0.1, -0.05) is 37.6 Å². The third-order valence-corrected chi connectivity index (χ3v) is 6.38. The van der Waals surface area contributed by atoms with Crippen molar-refractivity contribution >= 4 is 34.4 Å². The van der Waals surface area contributed by atoms with Crippen LogP contribution in [0.5, 0.6) is 0 Å². The van der Waals surface area contributed by atoms with Crippen molar-refractivity contribution in [1.82, 2.24) is 34.5 Å². The highest BCUT2D eigenvalue weighted by Gasteiger charge is 2.37. The quantitative estimate of drug-likeness (QED) is 0.430. The molecule has 1 fully saturated rings. The van der Waals surface area contributed by atoms with Gasteiger partial charge in [-0.15, -0.1) is 0 Å². The molecule has 184 valence electrons. The Kier molecular flexibility index (Phi) is 6.05. The summed E-state index contributed by atoms with van der Waals surface area (Å²) < 4.78 is 2.79. The number of hydrogen-bond acceptors (Lipinski definition) is 6. The summed E-state index contributed by atoms with van der Waals surface area (Å²) in [5.74, 6) is -0.763. The van der Waals surface area contributed by atoms with Crippen LogP contribution in [0, 0.1) is 5.41 Å². The number of nitrogens with one attached hydrogen (secondary N) is 1. The number of carbonyl (C=O) groups excluding carboxylic acids is 2. The minimum atomic E-state index is -0.590. The summed E-state index contributed by atoms with van der Waals surface area (Å²) in [5.41, 5.74) is 1.06. The first-order chi connectivity index (χ1) is 17.2. The molecule has 0 atom stereocenters. The van der Waals surface area contributed by atoms with Crippen molar-refractivity contribution < 1.29 is 9.59 Å². The molecule has 0 aliphatic carbocycles. The first-order valence-corrected chi connectivity index (χ1v) is 11.8. The van der Waals surface area contributed by atoms with E-state index in [-0.39, 0.29) is 35.6 Å². The van der Waals surface area contributed by atoms with Gasteiger partial charge >= 0.3 is 0 Å². The molecule has 0 bridgehead atoms. The van der Waals surface area contributed by atoms with Gasteiger partial charge in [-0.2, -0.15) is 5.10 Å². The maximum Gasteiger partial charge on any atom is 0.265 e. The van der Waals surface area contributed by atoms with Crippen LogP contribution in [0.2, 0.25) is 5.02 Å². The lowest BCUT2D eigenvalue weighted by molar-refractivity contribution is -0.142. The molecule has 2 amide bonds. The van der Waals surface area contributed by atoms with E-state index >= 15 is 0 Å². The van der Waals surface area contributed by atoms with Crippen LogP contribution < -0.4 is 10.9 Å². The smallest absolute Gasteiger partial charge is 0.265 e. The summed E-state index contributed by atoms with van der Waals surface area (Å²) in [7, 11) is 0.